The average molecular weight is 365 g/mol. The van der Waals surface area contributed by atoms with Crippen LogP contribution >= 0.6 is 28.1 Å². The molecule has 0 fully saturated rings. The molecule has 21 heavy (non-hydrogen) atoms. The van der Waals surface area contributed by atoms with Crippen LogP contribution < -0.4 is 15.8 Å². The Morgan fingerprint density at radius 1 is 1.24 bits per heavy atom. The normalized spacial score (nSPS) is 10.2. The second-order valence-electron chi connectivity index (χ2n) is 4.56. The second kappa shape index (κ2) is 6.91. The molecule has 0 amide bonds. The van der Waals surface area contributed by atoms with Crippen molar-refractivity contribution in [1.82, 2.24) is 0 Å². The Labute approximate surface area is 138 Å². The zero-order valence-electron chi connectivity index (χ0n) is 11.9. The van der Waals surface area contributed by atoms with Crippen molar-refractivity contribution in [2.24, 2.45) is 5.73 Å². The van der Waals surface area contributed by atoms with Gasteiger partial charge in [-0.3, -0.25) is 0 Å². The number of nitrogens with two attached hydrogens (primary N) is 1. The molecule has 3 N–H and O–H groups in total. The van der Waals surface area contributed by atoms with Gasteiger partial charge < -0.3 is 15.8 Å². The number of ether oxygens (including phenoxy) is 1. The van der Waals surface area contributed by atoms with Gasteiger partial charge >= 0.3 is 0 Å². The molecule has 0 saturated carbocycles. The van der Waals surface area contributed by atoms with Gasteiger partial charge in [0.05, 0.1) is 12.8 Å². The zero-order valence-corrected chi connectivity index (χ0v) is 14.3. The number of rotatable bonds is 5. The molecule has 0 heterocycles. The Kier molecular flexibility index (Phi) is 5.20. The predicted octanol–water partition coefficient (Wildman–Crippen LogP) is 4.40. The van der Waals surface area contributed by atoms with Crippen molar-refractivity contribution in [3.8, 4) is 5.75 Å². The van der Waals surface area contributed by atoms with Crippen molar-refractivity contribution >= 4 is 44.5 Å². The molecule has 0 bridgehead atoms. The van der Waals surface area contributed by atoms with E-state index in [1.807, 2.05) is 30.3 Å². The molecule has 0 radical (unpaired) electrons. The first-order valence-electron chi connectivity index (χ1n) is 6.58. The number of methoxy groups -OCH3 is 1. The van der Waals surface area contributed by atoms with E-state index in [-0.39, 0.29) is 0 Å². The van der Waals surface area contributed by atoms with Crippen LogP contribution in [0.5, 0.6) is 5.75 Å². The average Bonchev–Trinajstić information content (AvgIpc) is 2.48. The fraction of sp³-hybridized carbons (Fsp3) is 0.188. The zero-order chi connectivity index (χ0) is 15.4. The Morgan fingerprint density at radius 3 is 2.62 bits per heavy atom. The third-order valence-electron chi connectivity index (χ3n) is 3.21. The van der Waals surface area contributed by atoms with Gasteiger partial charge in [-0.25, -0.2) is 0 Å². The van der Waals surface area contributed by atoms with Crippen molar-refractivity contribution in [2.45, 2.75) is 13.3 Å². The smallest absolute Gasteiger partial charge is 0.120 e. The standard InChI is InChI=1S/C16H17BrN2OS/c1-3-10-8-11(17)4-7-14(10)19-15-9-12(20-2)5-6-13(15)16(18)21/h4-9,19H,3H2,1-2H3,(H2,18,21). The van der Waals surface area contributed by atoms with Crippen molar-refractivity contribution in [3.05, 3.63) is 52.0 Å². The Hall–Kier alpha value is -1.59. The fourth-order valence-electron chi connectivity index (χ4n) is 2.09. The van der Waals surface area contributed by atoms with Crippen LogP contribution in [-0.4, -0.2) is 12.1 Å². The van der Waals surface area contributed by atoms with Gasteiger partial charge in [-0.05, 0) is 42.3 Å². The molecule has 3 nitrogen and oxygen atoms in total. The second-order valence-corrected chi connectivity index (χ2v) is 5.91. The van der Waals surface area contributed by atoms with E-state index in [2.05, 4.69) is 34.2 Å². The quantitative estimate of drug-likeness (QED) is 0.772. The molecule has 2 aromatic rings. The van der Waals surface area contributed by atoms with E-state index in [1.54, 1.807) is 7.11 Å². The first kappa shape index (κ1) is 15.8. The summed E-state index contributed by atoms with van der Waals surface area (Å²) in [6, 6.07) is 11.8. The maximum absolute atomic E-state index is 5.80. The maximum Gasteiger partial charge on any atom is 0.120 e. The highest BCUT2D eigenvalue weighted by atomic mass is 79.9. The molecule has 0 aliphatic carbocycles. The summed E-state index contributed by atoms with van der Waals surface area (Å²) in [5, 5.41) is 3.41. The van der Waals surface area contributed by atoms with Crippen LogP contribution in [0.15, 0.2) is 40.9 Å². The van der Waals surface area contributed by atoms with Crippen LogP contribution in [-0.2, 0) is 6.42 Å². The van der Waals surface area contributed by atoms with Crippen LogP contribution in [0.4, 0.5) is 11.4 Å². The highest BCUT2D eigenvalue weighted by molar-refractivity contribution is 9.10. The van der Waals surface area contributed by atoms with Crippen LogP contribution in [0.1, 0.15) is 18.1 Å². The van der Waals surface area contributed by atoms with Crippen LogP contribution in [0, 0.1) is 0 Å². The Bertz CT molecular complexity index is 673. The molecule has 2 aromatic carbocycles. The van der Waals surface area contributed by atoms with Crippen LogP contribution in [0.2, 0.25) is 0 Å². The van der Waals surface area contributed by atoms with E-state index < -0.39 is 0 Å². The minimum absolute atomic E-state index is 0.357. The predicted molar refractivity (Wildman–Crippen MR) is 95.7 cm³/mol. The van der Waals surface area contributed by atoms with Gasteiger partial charge in [-0.2, -0.15) is 0 Å². The van der Waals surface area contributed by atoms with Gasteiger partial charge in [0.1, 0.15) is 10.7 Å². The van der Waals surface area contributed by atoms with E-state index in [0.29, 0.717) is 4.99 Å². The summed E-state index contributed by atoms with van der Waals surface area (Å²) in [6.07, 6.45) is 0.925. The van der Waals surface area contributed by atoms with Gasteiger partial charge in [-0.15, -0.1) is 0 Å². The number of thiocarbonyl (C=S) groups is 1. The number of nitrogens with one attached hydrogen (secondary N) is 1. The first-order chi connectivity index (χ1) is 10.0. The van der Waals surface area contributed by atoms with Gasteiger partial charge in [0.15, 0.2) is 0 Å². The number of halogens is 1. The molecule has 0 aromatic heterocycles. The highest BCUT2D eigenvalue weighted by Crippen LogP contribution is 2.29. The Morgan fingerprint density at radius 2 is 2.00 bits per heavy atom. The summed E-state index contributed by atoms with van der Waals surface area (Å²) >= 11 is 8.61. The third kappa shape index (κ3) is 3.74. The molecule has 0 aliphatic heterocycles. The van der Waals surface area contributed by atoms with Crippen molar-refractivity contribution in [2.75, 3.05) is 12.4 Å². The summed E-state index contributed by atoms with van der Waals surface area (Å²) in [5.41, 5.74) is 9.69. The van der Waals surface area contributed by atoms with E-state index in [0.717, 1.165) is 33.6 Å². The summed E-state index contributed by atoms with van der Waals surface area (Å²) in [6.45, 7) is 2.12. The number of anilines is 2. The molecule has 0 spiro atoms. The molecule has 0 saturated heterocycles. The largest absolute Gasteiger partial charge is 0.497 e. The Balaban J connectivity index is 2.45. The van der Waals surface area contributed by atoms with Gasteiger partial charge in [-0.1, -0.05) is 35.1 Å². The number of hydrogen-bond donors (Lipinski definition) is 2. The number of aryl methyl sites for hydroxylation is 1. The molecular weight excluding hydrogens is 348 g/mol. The van der Waals surface area contributed by atoms with Gasteiger partial charge in [0.25, 0.3) is 0 Å². The fourth-order valence-corrected chi connectivity index (χ4v) is 2.68. The van der Waals surface area contributed by atoms with Crippen molar-refractivity contribution in [3.63, 3.8) is 0 Å². The van der Waals surface area contributed by atoms with Crippen molar-refractivity contribution < 1.29 is 4.74 Å². The lowest BCUT2D eigenvalue weighted by Crippen LogP contribution is -2.12. The summed E-state index contributed by atoms with van der Waals surface area (Å²) in [4.78, 5) is 0.357. The van der Waals surface area contributed by atoms with Crippen molar-refractivity contribution in [1.29, 1.82) is 0 Å². The first-order valence-corrected chi connectivity index (χ1v) is 7.78. The summed E-state index contributed by atoms with van der Waals surface area (Å²) < 4.78 is 6.33. The number of benzene rings is 2. The summed E-state index contributed by atoms with van der Waals surface area (Å²) in [5.74, 6) is 0.757. The van der Waals surface area contributed by atoms with Crippen LogP contribution in [0.3, 0.4) is 0 Å². The minimum atomic E-state index is 0.357. The molecule has 110 valence electrons. The van der Waals surface area contributed by atoms with E-state index in [4.69, 9.17) is 22.7 Å². The monoisotopic (exact) mass is 364 g/mol. The van der Waals surface area contributed by atoms with Crippen LogP contribution in [0.25, 0.3) is 0 Å². The van der Waals surface area contributed by atoms with Gasteiger partial charge in [0.2, 0.25) is 0 Å². The SMILES string of the molecule is CCc1cc(Br)ccc1Nc1cc(OC)ccc1C(N)=S. The van der Waals surface area contributed by atoms with E-state index >= 15 is 0 Å². The maximum atomic E-state index is 5.80. The molecule has 5 heteroatoms. The molecule has 2 rings (SSSR count). The lowest BCUT2D eigenvalue weighted by molar-refractivity contribution is 0.415. The molecule has 0 unspecified atom stereocenters. The molecule has 0 atom stereocenters. The van der Waals surface area contributed by atoms with E-state index in [9.17, 15) is 0 Å². The number of hydrogen-bond acceptors (Lipinski definition) is 3. The third-order valence-corrected chi connectivity index (χ3v) is 3.92. The lowest BCUT2D eigenvalue weighted by atomic mass is 10.1. The highest BCUT2D eigenvalue weighted by Gasteiger charge is 2.09. The lowest BCUT2D eigenvalue weighted by Gasteiger charge is -2.15. The summed E-state index contributed by atoms with van der Waals surface area (Å²) in [7, 11) is 1.64. The van der Waals surface area contributed by atoms with E-state index in [1.165, 1.54) is 5.56 Å². The molecule has 0 aliphatic rings. The minimum Gasteiger partial charge on any atom is -0.497 e. The van der Waals surface area contributed by atoms with Gasteiger partial charge in [0, 0.05) is 21.8 Å². The molecular formula is C16H17BrN2OS. The topological polar surface area (TPSA) is 47.3 Å².